The normalized spacial score (nSPS) is 15.4. The molecule has 1 aliphatic heterocycles. The van der Waals surface area contributed by atoms with Crippen molar-refractivity contribution in [3.63, 3.8) is 0 Å². The van der Waals surface area contributed by atoms with Gasteiger partial charge in [-0.15, -0.1) is 10.2 Å². The van der Waals surface area contributed by atoms with Crippen molar-refractivity contribution in [1.82, 2.24) is 24.6 Å². The van der Waals surface area contributed by atoms with E-state index in [4.69, 9.17) is 4.74 Å². The van der Waals surface area contributed by atoms with Crippen LogP contribution in [0.4, 0.5) is 10.2 Å². The van der Waals surface area contributed by atoms with Crippen LogP contribution in [0.5, 0.6) is 0 Å². The highest BCUT2D eigenvalue weighted by atomic mass is 79.9. The number of fused-ring (bicyclic) bond motifs is 3. The minimum Gasteiger partial charge on any atom is -0.375 e. The largest absolute Gasteiger partial charge is 0.375 e. The van der Waals surface area contributed by atoms with Crippen molar-refractivity contribution < 1.29 is 9.13 Å². The summed E-state index contributed by atoms with van der Waals surface area (Å²) in [7, 11) is 0. The third-order valence-electron chi connectivity index (χ3n) is 4.44. The molecule has 0 aromatic carbocycles. The zero-order chi connectivity index (χ0) is 19.1. The van der Waals surface area contributed by atoms with Crippen molar-refractivity contribution in [2.75, 3.05) is 24.7 Å². The molecular weight excluding hydrogens is 415 g/mol. The Balaban J connectivity index is 2.09. The van der Waals surface area contributed by atoms with Gasteiger partial charge >= 0.3 is 0 Å². The molecule has 0 radical (unpaired) electrons. The highest BCUT2D eigenvalue weighted by Gasteiger charge is 2.25. The van der Waals surface area contributed by atoms with E-state index in [1.165, 1.54) is 6.20 Å². The second kappa shape index (κ2) is 6.82. The third kappa shape index (κ3) is 2.83. The first kappa shape index (κ1) is 17.7. The van der Waals surface area contributed by atoms with Crippen LogP contribution in [-0.2, 0) is 4.74 Å². The molecule has 0 aliphatic carbocycles. The van der Waals surface area contributed by atoms with Crippen molar-refractivity contribution in [1.29, 1.82) is 0 Å². The highest BCUT2D eigenvalue weighted by Crippen LogP contribution is 2.34. The summed E-state index contributed by atoms with van der Waals surface area (Å²) in [5.74, 6) is 0.916. The maximum atomic E-state index is 14.9. The zero-order valence-electron chi connectivity index (χ0n) is 14.6. The van der Waals surface area contributed by atoms with Crippen LogP contribution in [0, 0.1) is 12.7 Å². The van der Waals surface area contributed by atoms with E-state index < -0.39 is 5.82 Å². The average Bonchev–Trinajstić information content (AvgIpc) is 2.89. The van der Waals surface area contributed by atoms with Gasteiger partial charge in [0.15, 0.2) is 5.82 Å². The molecule has 3 aromatic heterocycles. The topological polar surface area (TPSA) is 68.4 Å². The van der Waals surface area contributed by atoms with Crippen molar-refractivity contribution in [3.8, 4) is 0 Å². The van der Waals surface area contributed by atoms with E-state index in [1.807, 2.05) is 4.90 Å². The molecule has 138 valence electrons. The Morgan fingerprint density at radius 3 is 2.93 bits per heavy atom. The van der Waals surface area contributed by atoms with E-state index in [2.05, 4.69) is 49.3 Å². The van der Waals surface area contributed by atoms with Gasteiger partial charge < -0.3 is 9.64 Å². The molecule has 0 N–H and O–H groups in total. The summed E-state index contributed by atoms with van der Waals surface area (Å²) in [6.45, 7) is 10.9. The third-order valence-corrected chi connectivity index (χ3v) is 4.92. The van der Waals surface area contributed by atoms with Crippen LogP contribution in [-0.4, -0.2) is 44.3 Å². The van der Waals surface area contributed by atoms with Gasteiger partial charge in [-0.25, -0.2) is 4.39 Å². The van der Waals surface area contributed by atoms with Crippen LogP contribution in [0.25, 0.3) is 16.7 Å². The molecule has 0 unspecified atom stereocenters. The molecule has 4 heterocycles. The van der Waals surface area contributed by atoms with Gasteiger partial charge in [0.1, 0.15) is 11.6 Å². The van der Waals surface area contributed by atoms with Gasteiger partial charge in [0.05, 0.1) is 36.5 Å². The summed E-state index contributed by atoms with van der Waals surface area (Å²) >= 11 is 3.42. The Labute approximate surface area is 163 Å². The molecular formula is C18H16BrFN6O. The Morgan fingerprint density at radius 2 is 2.19 bits per heavy atom. The summed E-state index contributed by atoms with van der Waals surface area (Å²) in [4.78, 5) is 10.5. The lowest BCUT2D eigenvalue weighted by atomic mass is 10.1. The van der Waals surface area contributed by atoms with E-state index in [1.54, 1.807) is 23.6 Å². The van der Waals surface area contributed by atoms with Gasteiger partial charge in [-0.2, -0.15) is 4.98 Å². The van der Waals surface area contributed by atoms with Gasteiger partial charge in [-0.1, -0.05) is 29.1 Å². The van der Waals surface area contributed by atoms with Gasteiger partial charge in [-0.3, -0.25) is 9.38 Å². The number of nitrogens with zero attached hydrogens (tertiary/aromatic N) is 6. The Hall–Kier alpha value is -2.65. The van der Waals surface area contributed by atoms with Crippen molar-refractivity contribution in [3.05, 3.63) is 59.0 Å². The number of aryl methyl sites for hydroxylation is 1. The van der Waals surface area contributed by atoms with Crippen molar-refractivity contribution in [2.24, 2.45) is 0 Å². The first-order valence-corrected chi connectivity index (χ1v) is 9.02. The smallest absolute Gasteiger partial charge is 0.257 e. The fraction of sp³-hybridized carbons (Fsp3) is 0.222. The quantitative estimate of drug-likeness (QED) is 0.634. The maximum absolute atomic E-state index is 14.9. The van der Waals surface area contributed by atoms with Crippen LogP contribution in [0.3, 0.4) is 0 Å². The second-order valence-corrected chi connectivity index (χ2v) is 6.97. The summed E-state index contributed by atoms with van der Waals surface area (Å²) < 4.78 is 22.9. The van der Waals surface area contributed by atoms with E-state index in [0.717, 1.165) is 11.3 Å². The first-order chi connectivity index (χ1) is 13.0. The van der Waals surface area contributed by atoms with E-state index in [-0.39, 0.29) is 0 Å². The predicted molar refractivity (Wildman–Crippen MR) is 104 cm³/mol. The monoisotopic (exact) mass is 430 g/mol. The Kier molecular flexibility index (Phi) is 4.48. The number of hydrogen-bond acceptors (Lipinski definition) is 6. The lowest BCUT2D eigenvalue weighted by Crippen LogP contribution is -2.26. The lowest BCUT2D eigenvalue weighted by molar-refractivity contribution is 0.170. The van der Waals surface area contributed by atoms with Gasteiger partial charge in [-0.05, 0) is 13.0 Å². The lowest BCUT2D eigenvalue weighted by Gasteiger charge is -2.25. The molecule has 9 heteroatoms. The molecule has 27 heavy (non-hydrogen) atoms. The molecule has 0 saturated heterocycles. The zero-order valence-corrected chi connectivity index (χ0v) is 16.2. The molecule has 7 nitrogen and oxygen atoms in total. The van der Waals surface area contributed by atoms with E-state index in [9.17, 15) is 4.39 Å². The molecule has 0 atom stereocenters. The fourth-order valence-corrected chi connectivity index (χ4v) is 3.54. The average molecular weight is 431 g/mol. The number of rotatable bonds is 3. The highest BCUT2D eigenvalue weighted by molar-refractivity contribution is 9.11. The van der Waals surface area contributed by atoms with Crippen LogP contribution in [0.2, 0.25) is 0 Å². The molecule has 0 saturated carbocycles. The van der Waals surface area contributed by atoms with Crippen LogP contribution in [0.15, 0.2) is 47.4 Å². The molecule has 3 aromatic rings. The summed E-state index contributed by atoms with van der Waals surface area (Å²) in [5.41, 5.74) is 2.12. The van der Waals surface area contributed by atoms with Crippen LogP contribution < -0.4 is 4.90 Å². The number of allylic oxidation sites excluding steroid dienone is 1. The number of pyridine rings is 1. The molecule has 0 fully saturated rings. The van der Waals surface area contributed by atoms with Crippen molar-refractivity contribution in [2.45, 2.75) is 6.92 Å². The maximum Gasteiger partial charge on any atom is 0.257 e. The SMILES string of the molecule is C=CC1=C(C(=C)Br)COCCN1c1nc2nnc(C)n2c2cncc(F)c12. The standard InChI is InChI=1S/C18H16BrFN6O/c1-4-14-12(10(2)19)9-27-6-5-25(14)17-16-13(20)7-21-8-15(16)26-11(3)23-24-18(26)22-17/h4,7-8H,1-2,5-6,9H2,3H3. The Morgan fingerprint density at radius 1 is 1.37 bits per heavy atom. The van der Waals surface area contributed by atoms with Gasteiger partial charge in [0.2, 0.25) is 0 Å². The molecule has 0 amide bonds. The van der Waals surface area contributed by atoms with Crippen molar-refractivity contribution >= 4 is 38.4 Å². The van der Waals surface area contributed by atoms with Gasteiger partial charge in [0, 0.05) is 22.3 Å². The summed E-state index contributed by atoms with van der Waals surface area (Å²) in [6.07, 6.45) is 4.46. The number of anilines is 1. The van der Waals surface area contributed by atoms with Crippen LogP contribution >= 0.6 is 15.9 Å². The molecule has 4 rings (SSSR count). The number of aromatic nitrogens is 5. The first-order valence-electron chi connectivity index (χ1n) is 8.23. The molecule has 1 aliphatic rings. The molecule has 0 bridgehead atoms. The fourth-order valence-electron chi connectivity index (χ4n) is 3.23. The van der Waals surface area contributed by atoms with E-state index in [0.29, 0.717) is 52.6 Å². The second-order valence-electron chi connectivity index (χ2n) is 6.01. The summed E-state index contributed by atoms with van der Waals surface area (Å²) in [5, 5.41) is 8.51. The van der Waals surface area contributed by atoms with Gasteiger partial charge in [0.25, 0.3) is 5.78 Å². The molecule has 0 spiro atoms. The van der Waals surface area contributed by atoms with E-state index >= 15 is 0 Å². The summed E-state index contributed by atoms with van der Waals surface area (Å²) in [6, 6.07) is 0. The number of hydrogen-bond donors (Lipinski definition) is 0. The number of ether oxygens (including phenoxy) is 1. The minimum absolute atomic E-state index is 0.334. The Bertz CT molecular complexity index is 1120. The number of halogens is 2. The minimum atomic E-state index is -0.474. The van der Waals surface area contributed by atoms with Crippen LogP contribution in [0.1, 0.15) is 5.82 Å². The predicted octanol–water partition coefficient (Wildman–Crippen LogP) is 3.31.